The lowest BCUT2D eigenvalue weighted by atomic mass is 10.1. The number of hydrogen-bond donors (Lipinski definition) is 2. The Bertz CT molecular complexity index is 424. The first kappa shape index (κ1) is 11.8. The van der Waals surface area contributed by atoms with E-state index in [1.165, 1.54) is 32.1 Å². The lowest BCUT2D eigenvalue weighted by Crippen LogP contribution is -2.20. The summed E-state index contributed by atoms with van der Waals surface area (Å²) in [6.07, 6.45) is 7.62. The molecular weight excluding hydrogens is 224 g/mol. The number of nitrogens with zero attached hydrogens (tertiary/aromatic N) is 2. The molecular formula is C14H22N4. The molecule has 2 saturated carbocycles. The summed E-state index contributed by atoms with van der Waals surface area (Å²) in [5, 5.41) is 3.53. The van der Waals surface area contributed by atoms with Gasteiger partial charge in [0, 0.05) is 18.0 Å². The van der Waals surface area contributed by atoms with Crippen molar-refractivity contribution in [1.29, 1.82) is 0 Å². The summed E-state index contributed by atoms with van der Waals surface area (Å²) in [7, 11) is 0. The molecule has 3 rings (SSSR count). The molecule has 2 aliphatic rings. The van der Waals surface area contributed by atoms with Crippen molar-refractivity contribution in [2.24, 2.45) is 5.92 Å². The molecule has 1 heterocycles. The lowest BCUT2D eigenvalue weighted by molar-refractivity contribution is 0.584. The first-order valence-corrected chi connectivity index (χ1v) is 7.15. The van der Waals surface area contributed by atoms with Crippen molar-refractivity contribution >= 4 is 11.6 Å². The summed E-state index contributed by atoms with van der Waals surface area (Å²) in [5.74, 6) is 3.92. The van der Waals surface area contributed by atoms with Gasteiger partial charge < -0.3 is 11.1 Å². The maximum Gasteiger partial charge on any atom is 0.136 e. The number of nitrogen functional groups attached to an aromatic ring is 1. The maximum absolute atomic E-state index is 5.86. The van der Waals surface area contributed by atoms with Crippen LogP contribution in [0, 0.1) is 5.92 Å². The Morgan fingerprint density at radius 3 is 2.72 bits per heavy atom. The molecule has 4 heteroatoms. The molecule has 1 unspecified atom stereocenters. The molecule has 98 valence electrons. The number of nitrogens with two attached hydrogens (primary N) is 1. The molecule has 0 aliphatic heterocycles. The van der Waals surface area contributed by atoms with Crippen LogP contribution in [0.3, 0.4) is 0 Å². The monoisotopic (exact) mass is 246 g/mol. The Balaban J connectivity index is 1.69. The average molecular weight is 246 g/mol. The molecule has 1 atom stereocenters. The van der Waals surface area contributed by atoms with Crippen molar-refractivity contribution in [3.05, 3.63) is 11.9 Å². The topological polar surface area (TPSA) is 63.8 Å². The molecule has 3 N–H and O–H groups in total. The number of anilines is 2. The van der Waals surface area contributed by atoms with Crippen LogP contribution in [0.4, 0.5) is 11.6 Å². The molecule has 1 aromatic heterocycles. The van der Waals surface area contributed by atoms with Gasteiger partial charge in [0.05, 0.1) is 0 Å². The highest BCUT2D eigenvalue weighted by atomic mass is 15.1. The first-order valence-electron chi connectivity index (χ1n) is 7.15. The predicted molar refractivity (Wildman–Crippen MR) is 73.5 cm³/mol. The summed E-state index contributed by atoms with van der Waals surface area (Å²) < 4.78 is 0. The highest BCUT2D eigenvalue weighted by molar-refractivity contribution is 5.46. The van der Waals surface area contributed by atoms with Gasteiger partial charge in [0.2, 0.25) is 0 Å². The SMILES string of the molecule is CCC(CC1CC1)Nc1cc(N)nc(C2CC2)n1. The lowest BCUT2D eigenvalue weighted by Gasteiger charge is -2.17. The fraction of sp³-hybridized carbons (Fsp3) is 0.714. The van der Waals surface area contributed by atoms with E-state index in [0.29, 0.717) is 17.8 Å². The van der Waals surface area contributed by atoms with Crippen LogP contribution in [0.5, 0.6) is 0 Å². The average Bonchev–Trinajstić information content (AvgIpc) is 3.20. The summed E-state index contributed by atoms with van der Waals surface area (Å²) in [6, 6.07) is 2.39. The number of hydrogen-bond acceptors (Lipinski definition) is 4. The quantitative estimate of drug-likeness (QED) is 0.810. The van der Waals surface area contributed by atoms with Gasteiger partial charge in [0.15, 0.2) is 0 Å². The van der Waals surface area contributed by atoms with E-state index in [1.54, 1.807) is 0 Å². The van der Waals surface area contributed by atoms with Gasteiger partial charge >= 0.3 is 0 Å². The Morgan fingerprint density at radius 2 is 2.11 bits per heavy atom. The third-order valence-electron chi connectivity index (χ3n) is 3.87. The molecule has 0 aromatic carbocycles. The van der Waals surface area contributed by atoms with Gasteiger partial charge in [-0.2, -0.15) is 0 Å². The zero-order valence-electron chi connectivity index (χ0n) is 11.0. The van der Waals surface area contributed by atoms with Crippen LogP contribution in [0.1, 0.15) is 57.2 Å². The van der Waals surface area contributed by atoms with Crippen molar-refractivity contribution in [1.82, 2.24) is 9.97 Å². The van der Waals surface area contributed by atoms with E-state index in [9.17, 15) is 0 Å². The molecule has 0 saturated heterocycles. The van der Waals surface area contributed by atoms with E-state index in [4.69, 9.17) is 5.73 Å². The third-order valence-corrected chi connectivity index (χ3v) is 3.87. The van der Waals surface area contributed by atoms with E-state index in [0.717, 1.165) is 24.0 Å². The molecule has 4 nitrogen and oxygen atoms in total. The van der Waals surface area contributed by atoms with Crippen molar-refractivity contribution in [2.75, 3.05) is 11.1 Å². The molecule has 0 radical (unpaired) electrons. The molecule has 1 aromatic rings. The van der Waals surface area contributed by atoms with Gasteiger partial charge in [-0.25, -0.2) is 9.97 Å². The number of aromatic nitrogens is 2. The minimum Gasteiger partial charge on any atom is -0.384 e. The van der Waals surface area contributed by atoms with Gasteiger partial charge in [0.1, 0.15) is 17.5 Å². The van der Waals surface area contributed by atoms with Crippen LogP contribution in [-0.2, 0) is 0 Å². The summed E-state index contributed by atoms with van der Waals surface area (Å²) in [6.45, 7) is 2.23. The van der Waals surface area contributed by atoms with Gasteiger partial charge in [-0.3, -0.25) is 0 Å². The van der Waals surface area contributed by atoms with E-state index < -0.39 is 0 Å². The third kappa shape index (κ3) is 2.92. The van der Waals surface area contributed by atoms with Gasteiger partial charge in [0.25, 0.3) is 0 Å². The van der Waals surface area contributed by atoms with Crippen LogP contribution >= 0.6 is 0 Å². The summed E-state index contributed by atoms with van der Waals surface area (Å²) >= 11 is 0. The Labute approximate surface area is 108 Å². The first-order chi connectivity index (χ1) is 8.74. The zero-order valence-corrected chi connectivity index (χ0v) is 11.0. The van der Waals surface area contributed by atoms with E-state index in [2.05, 4.69) is 22.2 Å². The van der Waals surface area contributed by atoms with Crippen LogP contribution in [0.15, 0.2) is 6.07 Å². The zero-order chi connectivity index (χ0) is 12.5. The molecule has 18 heavy (non-hydrogen) atoms. The predicted octanol–water partition coefficient (Wildman–Crippen LogP) is 2.93. The van der Waals surface area contributed by atoms with Gasteiger partial charge in [-0.1, -0.05) is 19.8 Å². The minimum absolute atomic E-state index is 0.527. The van der Waals surface area contributed by atoms with E-state index >= 15 is 0 Å². The summed E-state index contributed by atoms with van der Waals surface area (Å²) in [5.41, 5.74) is 5.86. The van der Waals surface area contributed by atoms with Crippen LogP contribution in [0.25, 0.3) is 0 Å². The van der Waals surface area contributed by atoms with Gasteiger partial charge in [-0.15, -0.1) is 0 Å². The van der Waals surface area contributed by atoms with E-state index in [-0.39, 0.29) is 0 Å². The molecule has 2 aliphatic carbocycles. The fourth-order valence-corrected chi connectivity index (χ4v) is 2.38. The van der Waals surface area contributed by atoms with Crippen LogP contribution < -0.4 is 11.1 Å². The standard InChI is InChI=1S/C14H22N4/c1-2-11(7-9-3-4-9)16-13-8-12(15)17-14(18-13)10-5-6-10/h8-11H,2-7H2,1H3,(H3,15,16,17,18). The molecule has 0 amide bonds. The Kier molecular flexibility index (Phi) is 3.10. The molecule has 0 spiro atoms. The largest absolute Gasteiger partial charge is 0.384 e. The highest BCUT2D eigenvalue weighted by Crippen LogP contribution is 2.39. The normalized spacial score (nSPS) is 20.7. The molecule has 0 bridgehead atoms. The van der Waals surface area contributed by atoms with E-state index in [1.807, 2.05) is 6.07 Å². The Hall–Kier alpha value is -1.32. The second-order valence-electron chi connectivity index (χ2n) is 5.74. The number of rotatable bonds is 6. The molecule has 2 fully saturated rings. The minimum atomic E-state index is 0.527. The second-order valence-corrected chi connectivity index (χ2v) is 5.74. The maximum atomic E-state index is 5.86. The highest BCUT2D eigenvalue weighted by Gasteiger charge is 2.28. The fourth-order valence-electron chi connectivity index (χ4n) is 2.38. The van der Waals surface area contributed by atoms with Crippen LogP contribution in [0.2, 0.25) is 0 Å². The van der Waals surface area contributed by atoms with Crippen LogP contribution in [-0.4, -0.2) is 16.0 Å². The van der Waals surface area contributed by atoms with Crippen molar-refractivity contribution in [3.63, 3.8) is 0 Å². The smallest absolute Gasteiger partial charge is 0.136 e. The summed E-state index contributed by atoms with van der Waals surface area (Å²) in [4.78, 5) is 8.94. The van der Waals surface area contributed by atoms with Gasteiger partial charge in [-0.05, 0) is 31.6 Å². The van der Waals surface area contributed by atoms with Crippen molar-refractivity contribution < 1.29 is 0 Å². The number of nitrogens with one attached hydrogen (secondary N) is 1. The van der Waals surface area contributed by atoms with Crippen molar-refractivity contribution in [3.8, 4) is 0 Å². The van der Waals surface area contributed by atoms with Crippen molar-refractivity contribution in [2.45, 2.75) is 57.4 Å². The Morgan fingerprint density at radius 1 is 1.33 bits per heavy atom. The second kappa shape index (κ2) is 4.75.